The molecule has 0 aliphatic heterocycles. The van der Waals surface area contributed by atoms with Crippen LogP contribution in [0, 0.1) is 24.1 Å². The van der Waals surface area contributed by atoms with E-state index >= 15 is 0 Å². The molecule has 0 aliphatic carbocycles. The molecular formula is C15H11ClFNO. The Morgan fingerprint density at radius 3 is 2.58 bits per heavy atom. The third-order valence-corrected chi connectivity index (χ3v) is 2.98. The average Bonchev–Trinajstić information content (AvgIpc) is 2.42. The van der Waals surface area contributed by atoms with Crippen LogP contribution in [0.1, 0.15) is 16.7 Å². The van der Waals surface area contributed by atoms with Crippen LogP contribution in [0.5, 0.6) is 11.5 Å². The lowest BCUT2D eigenvalue weighted by Gasteiger charge is -2.10. The first-order valence-electron chi connectivity index (χ1n) is 5.67. The fourth-order valence-electron chi connectivity index (χ4n) is 1.68. The van der Waals surface area contributed by atoms with Gasteiger partial charge >= 0.3 is 0 Å². The van der Waals surface area contributed by atoms with Gasteiger partial charge in [-0.05, 0) is 48.4 Å². The van der Waals surface area contributed by atoms with E-state index in [1.54, 1.807) is 31.2 Å². The molecule has 0 radical (unpaired) electrons. The Labute approximate surface area is 116 Å². The summed E-state index contributed by atoms with van der Waals surface area (Å²) in [6, 6.07) is 11.5. The second-order valence-corrected chi connectivity index (χ2v) is 4.36. The molecule has 0 saturated heterocycles. The summed E-state index contributed by atoms with van der Waals surface area (Å²) < 4.78 is 18.7. The quantitative estimate of drug-likeness (QED) is 0.771. The summed E-state index contributed by atoms with van der Waals surface area (Å²) in [7, 11) is 0. The van der Waals surface area contributed by atoms with Crippen molar-refractivity contribution in [1.29, 1.82) is 5.26 Å². The number of alkyl halides is 1. The molecule has 0 saturated carbocycles. The van der Waals surface area contributed by atoms with Crippen molar-refractivity contribution >= 4 is 11.6 Å². The maximum atomic E-state index is 13.0. The molecule has 2 aromatic carbocycles. The standard InChI is InChI=1S/C15H11ClFNO/c1-10-6-13(17)3-5-14(10)19-15-4-2-11(8-16)7-12(15)9-18/h2-7H,8H2,1H3. The molecule has 0 fully saturated rings. The van der Waals surface area contributed by atoms with Crippen molar-refractivity contribution in [3.05, 3.63) is 58.9 Å². The van der Waals surface area contributed by atoms with Crippen LogP contribution < -0.4 is 4.74 Å². The van der Waals surface area contributed by atoms with Crippen LogP contribution in [0.2, 0.25) is 0 Å². The number of rotatable bonds is 3. The highest BCUT2D eigenvalue weighted by Crippen LogP contribution is 2.29. The third kappa shape index (κ3) is 3.04. The molecule has 0 atom stereocenters. The highest BCUT2D eigenvalue weighted by atomic mass is 35.5. The monoisotopic (exact) mass is 275 g/mol. The van der Waals surface area contributed by atoms with Crippen LogP contribution in [0.3, 0.4) is 0 Å². The summed E-state index contributed by atoms with van der Waals surface area (Å²) in [5.41, 5.74) is 1.92. The Morgan fingerprint density at radius 1 is 1.21 bits per heavy atom. The van der Waals surface area contributed by atoms with E-state index in [0.29, 0.717) is 28.5 Å². The summed E-state index contributed by atoms with van der Waals surface area (Å²) in [4.78, 5) is 0. The van der Waals surface area contributed by atoms with E-state index in [-0.39, 0.29) is 5.82 Å². The lowest BCUT2D eigenvalue weighted by Crippen LogP contribution is -1.92. The van der Waals surface area contributed by atoms with E-state index in [9.17, 15) is 4.39 Å². The van der Waals surface area contributed by atoms with E-state index in [1.807, 2.05) is 0 Å². The van der Waals surface area contributed by atoms with E-state index in [1.165, 1.54) is 12.1 Å². The minimum Gasteiger partial charge on any atom is -0.456 e. The minimum atomic E-state index is -0.317. The van der Waals surface area contributed by atoms with Crippen molar-refractivity contribution in [2.75, 3.05) is 0 Å². The number of halogens is 2. The molecule has 0 N–H and O–H groups in total. The summed E-state index contributed by atoms with van der Waals surface area (Å²) in [5.74, 6) is 0.982. The first-order chi connectivity index (χ1) is 9.13. The van der Waals surface area contributed by atoms with E-state index < -0.39 is 0 Å². The van der Waals surface area contributed by atoms with Gasteiger partial charge in [-0.2, -0.15) is 5.26 Å². The van der Waals surface area contributed by atoms with E-state index in [4.69, 9.17) is 21.6 Å². The van der Waals surface area contributed by atoms with E-state index in [2.05, 4.69) is 6.07 Å². The van der Waals surface area contributed by atoms with Crippen molar-refractivity contribution in [3.8, 4) is 17.6 Å². The molecule has 19 heavy (non-hydrogen) atoms. The van der Waals surface area contributed by atoms with Crippen molar-refractivity contribution in [2.24, 2.45) is 0 Å². The molecule has 2 rings (SSSR count). The number of ether oxygens (including phenoxy) is 1. The summed E-state index contributed by atoms with van der Waals surface area (Å²) >= 11 is 5.72. The van der Waals surface area contributed by atoms with Gasteiger partial charge in [0.15, 0.2) is 0 Å². The Balaban J connectivity index is 2.35. The molecule has 0 amide bonds. The van der Waals surface area contributed by atoms with Crippen LogP contribution in [-0.4, -0.2) is 0 Å². The average molecular weight is 276 g/mol. The van der Waals surface area contributed by atoms with Crippen LogP contribution >= 0.6 is 11.6 Å². The lowest BCUT2D eigenvalue weighted by atomic mass is 10.1. The summed E-state index contributed by atoms with van der Waals surface area (Å²) in [5, 5.41) is 9.10. The topological polar surface area (TPSA) is 33.0 Å². The van der Waals surface area contributed by atoms with Gasteiger partial charge in [0.2, 0.25) is 0 Å². The molecular weight excluding hydrogens is 265 g/mol. The predicted octanol–water partition coefficient (Wildman–Crippen LogP) is 4.54. The summed E-state index contributed by atoms with van der Waals surface area (Å²) in [6.45, 7) is 1.75. The fourth-order valence-corrected chi connectivity index (χ4v) is 1.85. The Hall–Kier alpha value is -2.05. The molecule has 2 aromatic rings. The van der Waals surface area contributed by atoms with Gasteiger partial charge in [-0.15, -0.1) is 11.6 Å². The fraction of sp³-hybridized carbons (Fsp3) is 0.133. The van der Waals surface area contributed by atoms with Gasteiger partial charge in [-0.1, -0.05) is 6.07 Å². The van der Waals surface area contributed by atoms with Crippen LogP contribution in [0.25, 0.3) is 0 Å². The number of hydrogen-bond acceptors (Lipinski definition) is 2. The first-order valence-corrected chi connectivity index (χ1v) is 6.20. The van der Waals surface area contributed by atoms with Crippen molar-refractivity contribution in [1.82, 2.24) is 0 Å². The Bertz CT molecular complexity index is 649. The van der Waals surface area contributed by atoms with Gasteiger partial charge in [0, 0.05) is 5.88 Å². The predicted molar refractivity (Wildman–Crippen MR) is 71.9 cm³/mol. The van der Waals surface area contributed by atoms with Gasteiger partial charge < -0.3 is 4.74 Å². The second kappa shape index (κ2) is 5.73. The summed E-state index contributed by atoms with van der Waals surface area (Å²) in [6.07, 6.45) is 0. The smallest absolute Gasteiger partial charge is 0.145 e. The van der Waals surface area contributed by atoms with E-state index in [0.717, 1.165) is 5.56 Å². The molecule has 0 unspecified atom stereocenters. The Kier molecular flexibility index (Phi) is 4.03. The van der Waals surface area contributed by atoms with Gasteiger partial charge in [0.1, 0.15) is 23.4 Å². The number of aryl methyl sites for hydroxylation is 1. The normalized spacial score (nSPS) is 10.0. The van der Waals surface area contributed by atoms with Crippen LogP contribution in [0.4, 0.5) is 4.39 Å². The third-order valence-electron chi connectivity index (χ3n) is 2.68. The number of benzene rings is 2. The molecule has 0 heterocycles. The molecule has 96 valence electrons. The van der Waals surface area contributed by atoms with Gasteiger partial charge in [0.25, 0.3) is 0 Å². The molecule has 4 heteroatoms. The molecule has 2 nitrogen and oxygen atoms in total. The zero-order valence-corrected chi connectivity index (χ0v) is 11.0. The van der Waals surface area contributed by atoms with Crippen molar-refractivity contribution < 1.29 is 9.13 Å². The highest BCUT2D eigenvalue weighted by Gasteiger charge is 2.08. The molecule has 0 aliphatic rings. The van der Waals surface area contributed by atoms with Gasteiger partial charge in [0.05, 0.1) is 5.56 Å². The SMILES string of the molecule is Cc1cc(F)ccc1Oc1ccc(CCl)cc1C#N. The lowest BCUT2D eigenvalue weighted by molar-refractivity contribution is 0.475. The molecule has 0 bridgehead atoms. The van der Waals surface area contributed by atoms with Gasteiger partial charge in [-0.25, -0.2) is 4.39 Å². The molecule has 0 spiro atoms. The second-order valence-electron chi connectivity index (χ2n) is 4.09. The number of nitriles is 1. The maximum absolute atomic E-state index is 13.0. The zero-order valence-electron chi connectivity index (χ0n) is 10.3. The molecule has 0 aromatic heterocycles. The Morgan fingerprint density at radius 2 is 1.95 bits per heavy atom. The van der Waals surface area contributed by atoms with Crippen LogP contribution in [-0.2, 0) is 5.88 Å². The number of nitrogens with zero attached hydrogens (tertiary/aromatic N) is 1. The maximum Gasteiger partial charge on any atom is 0.145 e. The van der Waals surface area contributed by atoms with Crippen LogP contribution in [0.15, 0.2) is 36.4 Å². The first kappa shape index (κ1) is 13.4. The zero-order chi connectivity index (χ0) is 13.8. The van der Waals surface area contributed by atoms with Crippen molar-refractivity contribution in [2.45, 2.75) is 12.8 Å². The number of hydrogen-bond donors (Lipinski definition) is 0. The van der Waals surface area contributed by atoms with Gasteiger partial charge in [-0.3, -0.25) is 0 Å². The largest absolute Gasteiger partial charge is 0.456 e. The minimum absolute atomic E-state index is 0.317. The highest BCUT2D eigenvalue weighted by molar-refractivity contribution is 6.17. The van der Waals surface area contributed by atoms with Crippen molar-refractivity contribution in [3.63, 3.8) is 0 Å².